The average Bonchev–Trinajstić information content (AvgIpc) is 2.37. The molecule has 1 atom stereocenters. The van der Waals surface area contributed by atoms with Crippen LogP contribution in [0, 0.1) is 5.92 Å². The van der Waals surface area contributed by atoms with Crippen LogP contribution in [-0.2, 0) is 6.42 Å². The molecule has 0 aliphatic heterocycles. The van der Waals surface area contributed by atoms with E-state index in [-0.39, 0.29) is 0 Å². The summed E-state index contributed by atoms with van der Waals surface area (Å²) in [5.74, 6) is 0.756. The maximum atomic E-state index is 5.76. The van der Waals surface area contributed by atoms with Crippen LogP contribution in [0.5, 0.6) is 0 Å². The molecule has 0 saturated heterocycles. The largest absolute Gasteiger partial charge is 0.160 e. The van der Waals surface area contributed by atoms with Crippen LogP contribution in [0.4, 0.5) is 0 Å². The maximum Gasteiger partial charge on any atom is 0.129 e. The zero-order chi connectivity index (χ0) is 8.27. The molecule has 2 radical (unpaired) electrons. The normalized spacial score (nSPS) is 13.3. The third kappa shape index (κ3) is 2.37. The molecule has 11 heavy (non-hydrogen) atoms. The maximum absolute atomic E-state index is 5.76. The highest BCUT2D eigenvalue weighted by Gasteiger charge is 2.03. The number of hydrogen-bond donors (Lipinski definition) is 0. The van der Waals surface area contributed by atoms with Gasteiger partial charge in [0.25, 0.3) is 0 Å². The van der Waals surface area contributed by atoms with Crippen molar-refractivity contribution in [1.82, 2.24) is 0 Å². The topological polar surface area (TPSA) is 0 Å². The molecule has 1 unspecified atom stereocenters. The first kappa shape index (κ1) is 8.86. The minimum atomic E-state index is 0.756. The molecular weight excluding hydrogens is 151 g/mol. The van der Waals surface area contributed by atoms with Gasteiger partial charge in [0.1, 0.15) is 7.85 Å². The summed E-state index contributed by atoms with van der Waals surface area (Å²) < 4.78 is 0.991. The van der Waals surface area contributed by atoms with Crippen molar-refractivity contribution in [3.63, 3.8) is 0 Å². The van der Waals surface area contributed by atoms with Gasteiger partial charge < -0.3 is 0 Å². The van der Waals surface area contributed by atoms with E-state index in [1.165, 1.54) is 12.0 Å². The predicted molar refractivity (Wildman–Crippen MR) is 52.9 cm³/mol. The van der Waals surface area contributed by atoms with Gasteiger partial charge in [-0.1, -0.05) is 20.3 Å². The minimum Gasteiger partial charge on any atom is -0.160 e. The van der Waals surface area contributed by atoms with Crippen LogP contribution in [-0.4, -0.2) is 7.85 Å². The van der Waals surface area contributed by atoms with Crippen LogP contribution in [0.25, 0.3) is 0 Å². The predicted octanol–water partition coefficient (Wildman–Crippen LogP) is 2.13. The summed E-state index contributed by atoms with van der Waals surface area (Å²) in [7, 11) is 5.76. The van der Waals surface area contributed by atoms with Crippen LogP contribution in [0.15, 0.2) is 11.4 Å². The fourth-order valence-electron chi connectivity index (χ4n) is 1.04. The van der Waals surface area contributed by atoms with E-state index in [1.54, 1.807) is 11.3 Å². The van der Waals surface area contributed by atoms with Crippen molar-refractivity contribution in [2.45, 2.75) is 26.7 Å². The molecular formula is C9H13BS. The summed E-state index contributed by atoms with van der Waals surface area (Å²) in [6, 6.07) is 2.13. The van der Waals surface area contributed by atoms with Gasteiger partial charge in [0.05, 0.1) is 0 Å². The van der Waals surface area contributed by atoms with Gasteiger partial charge in [-0.3, -0.25) is 0 Å². The second-order valence-electron chi connectivity index (χ2n) is 3.03. The van der Waals surface area contributed by atoms with Crippen molar-refractivity contribution in [2.24, 2.45) is 5.92 Å². The molecule has 0 aliphatic carbocycles. The smallest absolute Gasteiger partial charge is 0.129 e. The van der Waals surface area contributed by atoms with Crippen LogP contribution >= 0.6 is 11.3 Å². The van der Waals surface area contributed by atoms with E-state index in [0.717, 1.165) is 17.1 Å². The van der Waals surface area contributed by atoms with E-state index < -0.39 is 0 Å². The van der Waals surface area contributed by atoms with Crippen LogP contribution in [0.1, 0.15) is 25.8 Å². The van der Waals surface area contributed by atoms with Gasteiger partial charge >= 0.3 is 0 Å². The molecule has 0 nitrogen and oxygen atoms in total. The van der Waals surface area contributed by atoms with Crippen molar-refractivity contribution in [2.75, 3.05) is 0 Å². The lowest BCUT2D eigenvalue weighted by atomic mass is 9.94. The highest BCUT2D eigenvalue weighted by molar-refractivity contribution is 7.18. The number of rotatable bonds is 3. The lowest BCUT2D eigenvalue weighted by Crippen LogP contribution is -2.07. The van der Waals surface area contributed by atoms with E-state index in [2.05, 4.69) is 25.3 Å². The van der Waals surface area contributed by atoms with Gasteiger partial charge in [0, 0.05) is 0 Å². The Morgan fingerprint density at radius 1 is 1.64 bits per heavy atom. The zero-order valence-corrected chi connectivity index (χ0v) is 7.95. The third-order valence-electron chi connectivity index (χ3n) is 2.05. The van der Waals surface area contributed by atoms with Gasteiger partial charge in [-0.25, -0.2) is 0 Å². The second kappa shape index (κ2) is 3.96. The Bertz CT molecular complexity index is 217. The van der Waals surface area contributed by atoms with Crippen molar-refractivity contribution < 1.29 is 0 Å². The molecule has 0 aliphatic rings. The second-order valence-corrected chi connectivity index (χ2v) is 3.98. The molecule has 0 bridgehead atoms. The van der Waals surface area contributed by atoms with Gasteiger partial charge in [-0.15, -0.1) is 0 Å². The Labute approximate surface area is 74.0 Å². The lowest BCUT2D eigenvalue weighted by Gasteiger charge is -2.06. The Morgan fingerprint density at radius 3 is 2.82 bits per heavy atom. The van der Waals surface area contributed by atoms with Crippen molar-refractivity contribution in [1.29, 1.82) is 0 Å². The number of hydrogen-bond acceptors (Lipinski definition) is 1. The third-order valence-corrected chi connectivity index (χ3v) is 2.83. The summed E-state index contributed by atoms with van der Waals surface area (Å²) in [4.78, 5) is 0. The quantitative estimate of drug-likeness (QED) is 0.600. The van der Waals surface area contributed by atoms with Crippen LogP contribution < -0.4 is 4.78 Å². The molecule has 1 rings (SSSR count). The lowest BCUT2D eigenvalue weighted by molar-refractivity contribution is 0.562. The Balaban J connectivity index is 2.56. The van der Waals surface area contributed by atoms with Crippen LogP contribution in [0.3, 0.4) is 0 Å². The first-order valence-electron chi connectivity index (χ1n) is 4.06. The van der Waals surface area contributed by atoms with Gasteiger partial charge in [0.2, 0.25) is 0 Å². The molecule has 0 fully saturated rings. The van der Waals surface area contributed by atoms with Crippen molar-refractivity contribution in [3.05, 3.63) is 17.0 Å². The fourth-order valence-corrected chi connectivity index (χ4v) is 1.72. The molecule has 0 saturated carbocycles. The van der Waals surface area contributed by atoms with Gasteiger partial charge in [0.15, 0.2) is 0 Å². The summed E-state index contributed by atoms with van der Waals surface area (Å²) >= 11 is 1.63. The SMILES string of the molecule is [B]c1sccc1CC(C)CC. The van der Waals surface area contributed by atoms with E-state index in [4.69, 9.17) is 7.85 Å². The molecule has 1 aromatic rings. The summed E-state index contributed by atoms with van der Waals surface area (Å²) in [6.07, 6.45) is 2.36. The van der Waals surface area contributed by atoms with Gasteiger partial charge in [-0.2, -0.15) is 11.3 Å². The summed E-state index contributed by atoms with van der Waals surface area (Å²) in [5, 5.41) is 2.06. The molecule has 0 spiro atoms. The van der Waals surface area contributed by atoms with Crippen LogP contribution in [0.2, 0.25) is 0 Å². The average molecular weight is 164 g/mol. The zero-order valence-electron chi connectivity index (χ0n) is 7.13. The summed E-state index contributed by atoms with van der Waals surface area (Å²) in [5.41, 5.74) is 1.32. The molecule has 0 N–H and O–H groups in total. The van der Waals surface area contributed by atoms with E-state index in [9.17, 15) is 0 Å². The molecule has 0 aromatic carbocycles. The Hall–Kier alpha value is -0.235. The van der Waals surface area contributed by atoms with Crippen molar-refractivity contribution >= 4 is 24.0 Å². The minimum absolute atomic E-state index is 0.756. The van der Waals surface area contributed by atoms with Crippen molar-refractivity contribution in [3.8, 4) is 0 Å². The summed E-state index contributed by atoms with van der Waals surface area (Å²) in [6.45, 7) is 4.48. The number of thiophene rings is 1. The highest BCUT2D eigenvalue weighted by atomic mass is 32.1. The molecule has 1 aromatic heterocycles. The Morgan fingerprint density at radius 2 is 2.36 bits per heavy atom. The van der Waals surface area contributed by atoms with E-state index in [0.29, 0.717) is 0 Å². The van der Waals surface area contributed by atoms with E-state index in [1.807, 2.05) is 0 Å². The highest BCUT2D eigenvalue weighted by Crippen LogP contribution is 2.11. The monoisotopic (exact) mass is 164 g/mol. The van der Waals surface area contributed by atoms with E-state index >= 15 is 0 Å². The molecule has 58 valence electrons. The Kier molecular flexibility index (Phi) is 3.19. The van der Waals surface area contributed by atoms with Gasteiger partial charge in [-0.05, 0) is 34.1 Å². The fraction of sp³-hybridized carbons (Fsp3) is 0.556. The standard InChI is InChI=1S/C9H13BS/c1-3-7(2)6-8-4-5-11-9(8)10/h4-5,7H,3,6H2,1-2H3. The molecule has 1 heterocycles. The molecule has 0 amide bonds. The first-order chi connectivity index (χ1) is 5.24. The first-order valence-corrected chi connectivity index (χ1v) is 4.93. The molecule has 2 heteroatoms.